The summed E-state index contributed by atoms with van der Waals surface area (Å²) in [6, 6.07) is 0. The van der Waals surface area contributed by atoms with Crippen LogP contribution in [0.4, 0.5) is 0 Å². The molecule has 0 aromatic carbocycles. The SMILES string of the molecule is CC/C=C\C/C=C\C/C=C\C/C=C\C/C=C\CC(=O)OC(COC(=O)CCCCCCCC)COC(=O)CCCCCCCCCCCCCCCCCCCCCCC/C=C\CCCCCCCCCC. The summed E-state index contributed by atoms with van der Waals surface area (Å²) < 4.78 is 16.6. The van der Waals surface area contributed by atoms with Crippen LogP contribution in [0.2, 0.25) is 0 Å². The first-order valence-electron chi connectivity index (χ1n) is 30.9. The van der Waals surface area contributed by atoms with E-state index in [2.05, 4.69) is 81.5 Å². The van der Waals surface area contributed by atoms with E-state index in [4.69, 9.17) is 14.2 Å². The van der Waals surface area contributed by atoms with Gasteiger partial charge in [0.1, 0.15) is 13.2 Å². The van der Waals surface area contributed by atoms with Crippen molar-refractivity contribution in [3.05, 3.63) is 72.9 Å². The maximum absolute atomic E-state index is 12.7. The molecule has 0 saturated carbocycles. The van der Waals surface area contributed by atoms with E-state index in [9.17, 15) is 14.4 Å². The molecule has 0 fully saturated rings. The second-order valence-corrected chi connectivity index (χ2v) is 20.6. The molecule has 0 spiro atoms. The van der Waals surface area contributed by atoms with Gasteiger partial charge in [0.05, 0.1) is 6.42 Å². The van der Waals surface area contributed by atoms with Crippen LogP contribution < -0.4 is 0 Å². The van der Waals surface area contributed by atoms with Gasteiger partial charge in [-0.1, -0.05) is 293 Å². The lowest BCUT2D eigenvalue weighted by Crippen LogP contribution is -2.30. The van der Waals surface area contributed by atoms with E-state index in [1.807, 2.05) is 6.08 Å². The van der Waals surface area contributed by atoms with E-state index in [1.54, 1.807) is 6.08 Å². The van der Waals surface area contributed by atoms with Crippen LogP contribution in [0.15, 0.2) is 72.9 Å². The quantitative estimate of drug-likeness (QED) is 0.0261. The molecule has 416 valence electrons. The third-order valence-corrected chi connectivity index (χ3v) is 13.5. The van der Waals surface area contributed by atoms with Crippen molar-refractivity contribution in [1.29, 1.82) is 0 Å². The molecule has 0 heterocycles. The third kappa shape index (κ3) is 57.7. The van der Waals surface area contributed by atoms with Gasteiger partial charge >= 0.3 is 17.9 Å². The predicted molar refractivity (Wildman–Crippen MR) is 311 cm³/mol. The Labute approximate surface area is 446 Å². The van der Waals surface area contributed by atoms with Crippen LogP contribution in [0, 0.1) is 0 Å². The molecule has 1 atom stereocenters. The normalized spacial score (nSPS) is 12.5. The first-order valence-corrected chi connectivity index (χ1v) is 30.9. The molecule has 6 heteroatoms. The molecule has 0 N–H and O–H groups in total. The molecule has 0 aromatic rings. The fourth-order valence-corrected chi connectivity index (χ4v) is 8.87. The van der Waals surface area contributed by atoms with Crippen LogP contribution in [0.5, 0.6) is 0 Å². The Bertz CT molecular complexity index is 1340. The molecule has 0 rings (SSSR count). The van der Waals surface area contributed by atoms with Crippen molar-refractivity contribution < 1.29 is 28.6 Å². The molecule has 0 aromatic heterocycles. The zero-order valence-corrected chi connectivity index (χ0v) is 47.7. The molecule has 0 saturated heterocycles. The molecule has 6 nitrogen and oxygen atoms in total. The topological polar surface area (TPSA) is 78.9 Å². The highest BCUT2D eigenvalue weighted by Gasteiger charge is 2.19. The largest absolute Gasteiger partial charge is 0.462 e. The minimum atomic E-state index is -0.825. The predicted octanol–water partition coefficient (Wildman–Crippen LogP) is 20.9. The smallest absolute Gasteiger partial charge is 0.310 e. The second-order valence-electron chi connectivity index (χ2n) is 20.6. The minimum Gasteiger partial charge on any atom is -0.462 e. The van der Waals surface area contributed by atoms with E-state index in [-0.39, 0.29) is 31.6 Å². The third-order valence-electron chi connectivity index (χ3n) is 13.5. The van der Waals surface area contributed by atoms with Gasteiger partial charge in [0, 0.05) is 12.8 Å². The lowest BCUT2D eigenvalue weighted by atomic mass is 10.0. The van der Waals surface area contributed by atoms with Crippen LogP contribution >= 0.6 is 0 Å². The monoisotopic (exact) mass is 1000 g/mol. The number of hydrogen-bond donors (Lipinski definition) is 0. The highest BCUT2D eigenvalue weighted by molar-refractivity contribution is 5.72. The van der Waals surface area contributed by atoms with Crippen molar-refractivity contribution >= 4 is 17.9 Å². The summed E-state index contributed by atoms with van der Waals surface area (Å²) in [4.78, 5) is 37.8. The first kappa shape index (κ1) is 68.8. The summed E-state index contributed by atoms with van der Waals surface area (Å²) in [6.45, 7) is 6.40. The van der Waals surface area contributed by atoms with Gasteiger partial charge in [-0.05, 0) is 70.6 Å². The van der Waals surface area contributed by atoms with E-state index in [0.29, 0.717) is 12.8 Å². The van der Waals surface area contributed by atoms with Gasteiger partial charge < -0.3 is 14.2 Å². The molecular weight excluding hydrogens is 889 g/mol. The van der Waals surface area contributed by atoms with Crippen LogP contribution in [0.3, 0.4) is 0 Å². The van der Waals surface area contributed by atoms with Crippen LogP contribution in [0.25, 0.3) is 0 Å². The highest BCUT2D eigenvalue weighted by Crippen LogP contribution is 2.17. The number of allylic oxidation sites excluding steroid dienone is 11. The van der Waals surface area contributed by atoms with Gasteiger partial charge in [0.15, 0.2) is 6.10 Å². The zero-order valence-electron chi connectivity index (χ0n) is 47.7. The Morgan fingerprint density at radius 2 is 0.583 bits per heavy atom. The summed E-state index contributed by atoms with van der Waals surface area (Å²) >= 11 is 0. The van der Waals surface area contributed by atoms with Gasteiger partial charge in [-0.3, -0.25) is 14.4 Å². The Balaban J connectivity index is 3.99. The van der Waals surface area contributed by atoms with Gasteiger partial charge in [-0.15, -0.1) is 0 Å². The Hall–Kier alpha value is -3.15. The standard InChI is InChI=1S/C66H116O6/c1-4-7-10-13-16-18-20-22-24-25-26-27-28-29-30-31-32-33-34-35-36-37-38-39-40-41-43-44-46-48-50-53-56-59-65(68)71-62-63(61-70-64(67)58-55-52-15-12-9-6-3)72-66(69)60-57-54-51-49-47-45-42-23-21-19-17-14-11-8-5-2/h8,11,17,19,23,25-26,42,47,49,54,57,63H,4-7,9-10,12-16,18,20-22,24,27-41,43-46,48,50-53,55-56,58-62H2,1-3H3/b11-8-,19-17-,26-25-,42-23-,49-47-,57-54-. The molecule has 0 aliphatic rings. The van der Waals surface area contributed by atoms with Gasteiger partial charge in [0.2, 0.25) is 0 Å². The summed E-state index contributed by atoms with van der Waals surface area (Å²) in [7, 11) is 0. The van der Waals surface area contributed by atoms with Crippen molar-refractivity contribution in [3.8, 4) is 0 Å². The van der Waals surface area contributed by atoms with Crippen molar-refractivity contribution in [3.63, 3.8) is 0 Å². The molecular formula is C66H116O6. The first-order chi connectivity index (χ1) is 35.5. The maximum Gasteiger partial charge on any atom is 0.310 e. The number of unbranched alkanes of at least 4 members (excludes halogenated alkanes) is 34. The number of ether oxygens (including phenoxy) is 3. The molecule has 0 amide bonds. The van der Waals surface area contributed by atoms with Gasteiger partial charge in [-0.2, -0.15) is 0 Å². The molecule has 1 unspecified atom stereocenters. The lowest BCUT2D eigenvalue weighted by Gasteiger charge is -2.18. The summed E-state index contributed by atoms with van der Waals surface area (Å²) in [5.41, 5.74) is 0. The molecule has 72 heavy (non-hydrogen) atoms. The second kappa shape index (κ2) is 60.4. The average Bonchev–Trinajstić information content (AvgIpc) is 3.38. The molecule has 0 aliphatic heterocycles. The van der Waals surface area contributed by atoms with E-state index in [1.165, 1.54) is 199 Å². The number of rotatable bonds is 56. The van der Waals surface area contributed by atoms with Crippen molar-refractivity contribution in [2.75, 3.05) is 13.2 Å². The number of hydrogen-bond acceptors (Lipinski definition) is 6. The van der Waals surface area contributed by atoms with Crippen LogP contribution in [-0.2, 0) is 28.6 Å². The summed E-state index contributed by atoms with van der Waals surface area (Å²) in [6.07, 6.45) is 78.6. The summed E-state index contributed by atoms with van der Waals surface area (Å²) in [5.74, 6) is -1.04. The summed E-state index contributed by atoms with van der Waals surface area (Å²) in [5, 5.41) is 0. The van der Waals surface area contributed by atoms with Crippen LogP contribution in [-0.4, -0.2) is 37.2 Å². The highest BCUT2D eigenvalue weighted by atomic mass is 16.6. The minimum absolute atomic E-state index is 0.0996. The van der Waals surface area contributed by atoms with E-state index in [0.717, 1.165) is 70.6 Å². The number of carbonyl (C=O) groups excluding carboxylic acids is 3. The van der Waals surface area contributed by atoms with Crippen LogP contribution in [0.1, 0.15) is 310 Å². The number of esters is 3. The average molecular weight is 1010 g/mol. The maximum atomic E-state index is 12.7. The Morgan fingerprint density at radius 3 is 0.903 bits per heavy atom. The molecule has 0 bridgehead atoms. The Morgan fingerprint density at radius 1 is 0.306 bits per heavy atom. The van der Waals surface area contributed by atoms with Gasteiger partial charge in [-0.25, -0.2) is 0 Å². The zero-order chi connectivity index (χ0) is 52.2. The van der Waals surface area contributed by atoms with Crippen molar-refractivity contribution in [2.24, 2.45) is 0 Å². The number of carbonyl (C=O) groups is 3. The fraction of sp³-hybridized carbons (Fsp3) is 0.773. The van der Waals surface area contributed by atoms with E-state index < -0.39 is 12.1 Å². The fourth-order valence-electron chi connectivity index (χ4n) is 8.87. The van der Waals surface area contributed by atoms with Crippen molar-refractivity contribution in [2.45, 2.75) is 316 Å². The van der Waals surface area contributed by atoms with E-state index >= 15 is 0 Å². The Kier molecular flexibility index (Phi) is 57.8. The molecule has 0 radical (unpaired) electrons. The lowest BCUT2D eigenvalue weighted by molar-refractivity contribution is -0.166. The molecule has 0 aliphatic carbocycles. The van der Waals surface area contributed by atoms with Gasteiger partial charge in [0.25, 0.3) is 0 Å². The van der Waals surface area contributed by atoms with Crippen molar-refractivity contribution in [1.82, 2.24) is 0 Å².